The second kappa shape index (κ2) is 7.39. The van der Waals surface area contributed by atoms with Gasteiger partial charge in [0.25, 0.3) is 0 Å². The minimum Gasteiger partial charge on any atom is -0.385 e. The van der Waals surface area contributed by atoms with Gasteiger partial charge in [-0.15, -0.1) is 10.2 Å². The number of nitrogens with one attached hydrogen (secondary N) is 3. The fourth-order valence-corrected chi connectivity index (χ4v) is 4.10. The van der Waals surface area contributed by atoms with Crippen molar-refractivity contribution in [3.63, 3.8) is 0 Å². The average Bonchev–Trinajstić information content (AvgIpc) is 3.14. The number of hydrogen-bond acceptors (Lipinski definition) is 5. The van der Waals surface area contributed by atoms with Gasteiger partial charge < -0.3 is 10.6 Å². The Bertz CT molecular complexity index is 719. The standard InChI is InChI=1S/C18H23N5OS/c24-17(21-18-23-22-16(25-18)13-5-6-13)20-15-9-7-14(8-10-15)19-11-12-3-1-2-4-12/h7-10,12-13,19H,1-6,11H2,(H2,20,21,23,24). The van der Waals surface area contributed by atoms with Crippen LogP contribution >= 0.6 is 11.3 Å². The highest BCUT2D eigenvalue weighted by Crippen LogP contribution is 2.42. The summed E-state index contributed by atoms with van der Waals surface area (Å²) in [4.78, 5) is 12.1. The number of rotatable bonds is 6. The van der Waals surface area contributed by atoms with Crippen LogP contribution in [0.5, 0.6) is 0 Å². The molecule has 2 aliphatic carbocycles. The molecule has 2 fully saturated rings. The van der Waals surface area contributed by atoms with Gasteiger partial charge in [0.05, 0.1) is 0 Å². The van der Waals surface area contributed by atoms with E-state index in [1.807, 2.05) is 24.3 Å². The Balaban J connectivity index is 1.25. The minimum absolute atomic E-state index is 0.287. The van der Waals surface area contributed by atoms with Crippen molar-refractivity contribution >= 4 is 33.9 Å². The molecule has 2 amide bonds. The minimum atomic E-state index is -0.287. The van der Waals surface area contributed by atoms with Gasteiger partial charge in [-0.1, -0.05) is 24.2 Å². The maximum Gasteiger partial charge on any atom is 0.325 e. The molecule has 2 aliphatic rings. The third kappa shape index (κ3) is 4.48. The number of benzene rings is 1. The molecule has 6 nitrogen and oxygen atoms in total. The van der Waals surface area contributed by atoms with Crippen LogP contribution in [-0.2, 0) is 0 Å². The van der Waals surface area contributed by atoms with E-state index in [0.717, 1.165) is 28.8 Å². The van der Waals surface area contributed by atoms with Crippen LogP contribution in [0.2, 0.25) is 0 Å². The number of urea groups is 1. The largest absolute Gasteiger partial charge is 0.385 e. The van der Waals surface area contributed by atoms with Crippen molar-refractivity contribution in [1.29, 1.82) is 0 Å². The highest BCUT2D eigenvalue weighted by atomic mass is 32.1. The molecule has 0 spiro atoms. The Hall–Kier alpha value is -2.15. The van der Waals surface area contributed by atoms with E-state index >= 15 is 0 Å². The quantitative estimate of drug-likeness (QED) is 0.702. The van der Waals surface area contributed by atoms with Crippen LogP contribution < -0.4 is 16.0 Å². The maximum atomic E-state index is 12.1. The lowest BCUT2D eigenvalue weighted by atomic mass is 10.1. The highest BCUT2D eigenvalue weighted by Gasteiger charge is 2.27. The lowest BCUT2D eigenvalue weighted by molar-refractivity contribution is 0.262. The molecule has 0 aliphatic heterocycles. The van der Waals surface area contributed by atoms with Crippen LogP contribution in [0.25, 0.3) is 0 Å². The Labute approximate surface area is 151 Å². The summed E-state index contributed by atoms with van der Waals surface area (Å²) < 4.78 is 0. The molecule has 0 atom stereocenters. The molecular weight excluding hydrogens is 334 g/mol. The van der Waals surface area contributed by atoms with E-state index in [2.05, 4.69) is 26.1 Å². The summed E-state index contributed by atoms with van der Waals surface area (Å²) in [7, 11) is 0. The van der Waals surface area contributed by atoms with E-state index in [9.17, 15) is 4.79 Å². The second-order valence-electron chi connectivity index (χ2n) is 6.91. The van der Waals surface area contributed by atoms with Gasteiger partial charge in [-0.25, -0.2) is 4.79 Å². The van der Waals surface area contributed by atoms with Crippen molar-refractivity contribution in [3.05, 3.63) is 29.3 Å². The average molecular weight is 357 g/mol. The molecule has 132 valence electrons. The van der Waals surface area contributed by atoms with Gasteiger partial charge in [0.1, 0.15) is 5.01 Å². The molecule has 3 N–H and O–H groups in total. The van der Waals surface area contributed by atoms with Gasteiger partial charge in [0, 0.05) is 23.8 Å². The summed E-state index contributed by atoms with van der Waals surface area (Å²) in [6.45, 7) is 1.04. The Morgan fingerprint density at radius 3 is 2.44 bits per heavy atom. The lowest BCUT2D eigenvalue weighted by Crippen LogP contribution is -2.19. The van der Waals surface area contributed by atoms with Gasteiger partial charge in [-0.3, -0.25) is 5.32 Å². The number of anilines is 3. The van der Waals surface area contributed by atoms with Crippen molar-refractivity contribution < 1.29 is 4.79 Å². The molecule has 2 aromatic rings. The fourth-order valence-electron chi connectivity index (χ4n) is 3.19. The fraction of sp³-hybridized carbons (Fsp3) is 0.500. The van der Waals surface area contributed by atoms with Crippen molar-refractivity contribution in [2.45, 2.75) is 44.4 Å². The SMILES string of the molecule is O=C(Nc1ccc(NCC2CCCC2)cc1)Nc1nnc(C2CC2)s1. The molecule has 0 radical (unpaired) electrons. The van der Waals surface area contributed by atoms with Crippen molar-refractivity contribution in [2.75, 3.05) is 22.5 Å². The molecule has 0 unspecified atom stereocenters. The van der Waals surface area contributed by atoms with Crippen molar-refractivity contribution in [1.82, 2.24) is 10.2 Å². The number of hydrogen-bond donors (Lipinski definition) is 3. The summed E-state index contributed by atoms with van der Waals surface area (Å²) in [6, 6.07) is 7.53. The zero-order valence-electron chi connectivity index (χ0n) is 14.1. The lowest BCUT2D eigenvalue weighted by Gasteiger charge is -2.12. The number of nitrogens with zero attached hydrogens (tertiary/aromatic N) is 2. The number of carbonyl (C=O) groups is 1. The topological polar surface area (TPSA) is 78.9 Å². The summed E-state index contributed by atoms with van der Waals surface area (Å²) in [5, 5.41) is 18.8. The monoisotopic (exact) mass is 357 g/mol. The number of amides is 2. The first kappa shape index (κ1) is 16.3. The molecular formula is C18H23N5OS. The summed E-state index contributed by atoms with van der Waals surface area (Å²) in [6.07, 6.45) is 7.76. The molecule has 1 aromatic heterocycles. The Morgan fingerprint density at radius 1 is 1.00 bits per heavy atom. The van der Waals surface area contributed by atoms with Crippen molar-refractivity contribution in [2.24, 2.45) is 5.92 Å². The molecule has 7 heteroatoms. The molecule has 2 saturated carbocycles. The normalized spacial score (nSPS) is 17.4. The van der Waals surface area contributed by atoms with Gasteiger partial charge in [0.15, 0.2) is 0 Å². The van der Waals surface area contributed by atoms with Crippen LogP contribution in [0.1, 0.15) is 49.5 Å². The first-order valence-electron chi connectivity index (χ1n) is 9.01. The number of aromatic nitrogens is 2. The van der Waals surface area contributed by atoms with E-state index in [-0.39, 0.29) is 6.03 Å². The zero-order valence-corrected chi connectivity index (χ0v) is 14.9. The summed E-state index contributed by atoms with van der Waals surface area (Å²) >= 11 is 1.46. The number of carbonyl (C=O) groups excluding carboxylic acids is 1. The predicted molar refractivity (Wildman–Crippen MR) is 101 cm³/mol. The molecule has 0 saturated heterocycles. The molecule has 25 heavy (non-hydrogen) atoms. The van der Waals surface area contributed by atoms with E-state index in [0.29, 0.717) is 11.0 Å². The van der Waals surface area contributed by atoms with Crippen LogP contribution in [0.15, 0.2) is 24.3 Å². The molecule has 0 bridgehead atoms. The van der Waals surface area contributed by atoms with E-state index in [1.165, 1.54) is 49.9 Å². The van der Waals surface area contributed by atoms with Crippen LogP contribution in [-0.4, -0.2) is 22.8 Å². The van der Waals surface area contributed by atoms with Crippen LogP contribution in [0, 0.1) is 5.92 Å². The first-order chi connectivity index (χ1) is 12.3. The van der Waals surface area contributed by atoms with E-state index in [1.54, 1.807) is 0 Å². The van der Waals surface area contributed by atoms with Gasteiger partial charge >= 0.3 is 6.03 Å². The summed E-state index contributed by atoms with van der Waals surface area (Å²) in [5.41, 5.74) is 1.85. The zero-order chi connectivity index (χ0) is 17.1. The van der Waals surface area contributed by atoms with Gasteiger partial charge in [-0.05, 0) is 55.9 Å². The maximum absolute atomic E-state index is 12.1. The molecule has 4 rings (SSSR count). The summed E-state index contributed by atoms with van der Waals surface area (Å²) in [5.74, 6) is 1.36. The Kier molecular flexibility index (Phi) is 4.83. The third-order valence-corrected chi connectivity index (χ3v) is 5.80. The predicted octanol–water partition coefficient (Wildman–Crippen LogP) is 4.66. The van der Waals surface area contributed by atoms with Gasteiger partial charge in [0.2, 0.25) is 5.13 Å². The third-order valence-electron chi connectivity index (χ3n) is 4.80. The van der Waals surface area contributed by atoms with Crippen LogP contribution in [0.3, 0.4) is 0 Å². The van der Waals surface area contributed by atoms with Gasteiger partial charge in [-0.2, -0.15) is 0 Å². The van der Waals surface area contributed by atoms with Crippen molar-refractivity contribution in [3.8, 4) is 0 Å². The second-order valence-corrected chi connectivity index (χ2v) is 7.92. The molecule has 1 aromatic carbocycles. The molecule has 1 heterocycles. The van der Waals surface area contributed by atoms with E-state index in [4.69, 9.17) is 0 Å². The van der Waals surface area contributed by atoms with E-state index < -0.39 is 0 Å². The Morgan fingerprint density at radius 2 is 1.72 bits per heavy atom. The highest BCUT2D eigenvalue weighted by molar-refractivity contribution is 7.15. The van der Waals surface area contributed by atoms with Crippen LogP contribution in [0.4, 0.5) is 21.3 Å². The first-order valence-corrected chi connectivity index (χ1v) is 9.83. The smallest absolute Gasteiger partial charge is 0.325 e.